The highest BCUT2D eigenvalue weighted by atomic mass is 16.3. The van der Waals surface area contributed by atoms with E-state index in [0.717, 1.165) is 91.5 Å². The summed E-state index contributed by atoms with van der Waals surface area (Å²) in [6, 6.07) is 4.62. The van der Waals surface area contributed by atoms with Gasteiger partial charge in [0.1, 0.15) is 5.65 Å². The third-order valence-corrected chi connectivity index (χ3v) is 8.97. The molecule has 38 heavy (non-hydrogen) atoms. The number of rotatable bonds is 6. The number of piperidine rings is 1. The van der Waals surface area contributed by atoms with Crippen LogP contribution in [0.2, 0.25) is 0 Å². The Morgan fingerprint density at radius 1 is 1.05 bits per heavy atom. The number of hydrogen-bond donors (Lipinski definition) is 2. The number of aromatic nitrogens is 4. The summed E-state index contributed by atoms with van der Waals surface area (Å²) in [5, 5.41) is 14.8. The minimum absolute atomic E-state index is 0.102. The van der Waals surface area contributed by atoms with Crippen molar-refractivity contribution in [3.05, 3.63) is 47.0 Å². The summed E-state index contributed by atoms with van der Waals surface area (Å²) >= 11 is 0. The molecular formula is C30H40N6O2. The molecule has 0 bridgehead atoms. The number of aryl methyl sites for hydroxylation is 2. The maximum absolute atomic E-state index is 13.2. The number of aliphatic hydroxyl groups excluding tert-OH is 1. The number of carbonyl (C=O) groups excluding carboxylic acids is 1. The zero-order valence-electron chi connectivity index (χ0n) is 22.9. The number of nitrogens with one attached hydrogen (secondary N) is 1. The molecule has 2 saturated carbocycles. The monoisotopic (exact) mass is 516 g/mol. The van der Waals surface area contributed by atoms with Crippen LogP contribution in [0.25, 0.3) is 11.0 Å². The van der Waals surface area contributed by atoms with E-state index in [9.17, 15) is 9.90 Å². The first-order chi connectivity index (χ1) is 18.4. The maximum atomic E-state index is 13.2. The van der Waals surface area contributed by atoms with Crippen molar-refractivity contribution in [2.45, 2.75) is 96.2 Å². The fourth-order valence-corrected chi connectivity index (χ4v) is 6.64. The van der Waals surface area contributed by atoms with Gasteiger partial charge < -0.3 is 19.9 Å². The summed E-state index contributed by atoms with van der Waals surface area (Å²) in [6.45, 7) is 7.60. The van der Waals surface area contributed by atoms with Crippen LogP contribution in [0.5, 0.6) is 0 Å². The quantitative estimate of drug-likeness (QED) is 0.470. The van der Waals surface area contributed by atoms with E-state index in [0.29, 0.717) is 18.0 Å². The van der Waals surface area contributed by atoms with Gasteiger partial charge in [0.05, 0.1) is 6.10 Å². The molecule has 3 fully saturated rings. The van der Waals surface area contributed by atoms with Crippen LogP contribution < -0.4 is 5.32 Å². The van der Waals surface area contributed by atoms with E-state index in [1.54, 1.807) is 0 Å². The lowest BCUT2D eigenvalue weighted by Crippen LogP contribution is -2.38. The van der Waals surface area contributed by atoms with Crippen molar-refractivity contribution in [2.24, 2.45) is 5.92 Å². The molecule has 2 aliphatic carbocycles. The van der Waals surface area contributed by atoms with Gasteiger partial charge in [0.15, 0.2) is 0 Å². The van der Waals surface area contributed by atoms with Crippen molar-refractivity contribution < 1.29 is 9.90 Å². The number of nitrogens with zero attached hydrogens (tertiary/aromatic N) is 5. The van der Waals surface area contributed by atoms with E-state index >= 15 is 0 Å². The molecule has 6 rings (SSSR count). The molecule has 8 heteroatoms. The first-order valence-electron chi connectivity index (χ1n) is 14.5. The third-order valence-electron chi connectivity index (χ3n) is 8.97. The lowest BCUT2D eigenvalue weighted by molar-refractivity contribution is 0.0712. The molecule has 0 aromatic carbocycles. The van der Waals surface area contributed by atoms with Gasteiger partial charge in [-0.05, 0) is 88.3 Å². The molecule has 1 saturated heterocycles. The lowest BCUT2D eigenvalue weighted by atomic mass is 9.89. The minimum Gasteiger partial charge on any atom is -0.393 e. The van der Waals surface area contributed by atoms with Crippen LogP contribution in [0, 0.1) is 19.8 Å². The second-order valence-electron chi connectivity index (χ2n) is 11.7. The predicted molar refractivity (Wildman–Crippen MR) is 148 cm³/mol. The summed E-state index contributed by atoms with van der Waals surface area (Å²) in [7, 11) is 0. The number of aliphatic hydroxyl groups is 1. The molecule has 3 aromatic heterocycles. The van der Waals surface area contributed by atoms with Crippen LogP contribution in [-0.2, 0) is 0 Å². The average molecular weight is 517 g/mol. The third kappa shape index (κ3) is 5.03. The SMILES string of the molecule is CC[C@@H]1C[C@H]1Nc1ncc2c(C3CCN(C(=O)c4cc(C)nc(C)c4)CC3)cn([C@H]3CC[C@H](O)CC3)c2n1. The van der Waals surface area contributed by atoms with Gasteiger partial charge in [-0.25, -0.2) is 4.98 Å². The summed E-state index contributed by atoms with van der Waals surface area (Å²) in [5.74, 6) is 1.92. The molecule has 0 spiro atoms. The summed E-state index contributed by atoms with van der Waals surface area (Å²) in [5.41, 5.74) is 4.81. The standard InChI is InChI=1S/C30H40N6O2/c1-4-20-15-27(20)33-30-31-16-25-26(17-36(28(25)34-30)23-5-7-24(37)8-6-23)21-9-11-35(12-10-21)29(38)22-13-18(2)32-19(3)14-22/h13-14,16-17,20-21,23-24,27,37H,4-12,15H2,1-3H3,(H,31,33,34)/t20-,23-,24-,27-/m1/s1. The van der Waals surface area contributed by atoms with Gasteiger partial charge in [-0.2, -0.15) is 4.98 Å². The topological polar surface area (TPSA) is 96.2 Å². The minimum atomic E-state index is -0.185. The van der Waals surface area contributed by atoms with Crippen LogP contribution in [0.4, 0.5) is 5.95 Å². The van der Waals surface area contributed by atoms with Crippen molar-refractivity contribution in [1.82, 2.24) is 24.4 Å². The Labute approximate surface area is 224 Å². The number of fused-ring (bicyclic) bond motifs is 1. The molecule has 1 amide bonds. The molecule has 3 aromatic rings. The largest absolute Gasteiger partial charge is 0.393 e. The first-order valence-corrected chi connectivity index (χ1v) is 14.5. The Morgan fingerprint density at radius 2 is 1.76 bits per heavy atom. The molecule has 0 unspecified atom stereocenters. The van der Waals surface area contributed by atoms with E-state index < -0.39 is 0 Å². The summed E-state index contributed by atoms with van der Waals surface area (Å²) in [6.07, 6.45) is 12.0. The molecule has 2 N–H and O–H groups in total. The van der Waals surface area contributed by atoms with Gasteiger partial charge in [0.2, 0.25) is 5.95 Å². The highest BCUT2D eigenvalue weighted by molar-refractivity contribution is 5.94. The Bertz CT molecular complexity index is 1300. The number of anilines is 1. The number of hydrogen-bond acceptors (Lipinski definition) is 6. The van der Waals surface area contributed by atoms with Gasteiger partial charge in [0, 0.05) is 59.9 Å². The highest BCUT2D eigenvalue weighted by Gasteiger charge is 2.36. The van der Waals surface area contributed by atoms with Crippen LogP contribution in [0.1, 0.15) is 97.6 Å². The number of likely N-dealkylation sites (tertiary alicyclic amines) is 1. The Hall–Kier alpha value is -3.00. The molecule has 2 atom stereocenters. The van der Waals surface area contributed by atoms with E-state index in [-0.39, 0.29) is 12.0 Å². The van der Waals surface area contributed by atoms with Crippen LogP contribution in [0.15, 0.2) is 24.5 Å². The number of pyridine rings is 1. The molecular weight excluding hydrogens is 476 g/mol. The van der Waals surface area contributed by atoms with Crippen LogP contribution in [-0.4, -0.2) is 60.7 Å². The zero-order valence-corrected chi connectivity index (χ0v) is 22.9. The Morgan fingerprint density at radius 3 is 2.42 bits per heavy atom. The van der Waals surface area contributed by atoms with Gasteiger partial charge in [-0.3, -0.25) is 9.78 Å². The Kier molecular flexibility index (Phi) is 6.84. The first kappa shape index (κ1) is 25.3. The summed E-state index contributed by atoms with van der Waals surface area (Å²) < 4.78 is 2.37. The molecule has 8 nitrogen and oxygen atoms in total. The fraction of sp³-hybridized carbons (Fsp3) is 0.600. The van der Waals surface area contributed by atoms with E-state index in [1.807, 2.05) is 37.1 Å². The van der Waals surface area contributed by atoms with Crippen molar-refractivity contribution in [3.63, 3.8) is 0 Å². The van der Waals surface area contributed by atoms with Crippen LogP contribution >= 0.6 is 0 Å². The molecule has 0 radical (unpaired) electrons. The van der Waals surface area contributed by atoms with Gasteiger partial charge in [-0.15, -0.1) is 0 Å². The van der Waals surface area contributed by atoms with Gasteiger partial charge in [0.25, 0.3) is 5.91 Å². The van der Waals surface area contributed by atoms with Crippen molar-refractivity contribution in [3.8, 4) is 0 Å². The van der Waals surface area contributed by atoms with Crippen molar-refractivity contribution in [2.75, 3.05) is 18.4 Å². The second-order valence-corrected chi connectivity index (χ2v) is 11.7. The van der Waals surface area contributed by atoms with Crippen molar-refractivity contribution in [1.29, 1.82) is 0 Å². The molecule has 4 heterocycles. The highest BCUT2D eigenvalue weighted by Crippen LogP contribution is 2.39. The second kappa shape index (κ2) is 10.3. The van der Waals surface area contributed by atoms with Crippen LogP contribution in [0.3, 0.4) is 0 Å². The van der Waals surface area contributed by atoms with Gasteiger partial charge in [-0.1, -0.05) is 13.3 Å². The zero-order chi connectivity index (χ0) is 26.4. The lowest BCUT2D eigenvalue weighted by Gasteiger charge is -2.32. The molecule has 1 aliphatic heterocycles. The predicted octanol–water partition coefficient (Wildman–Crippen LogP) is 5.15. The van der Waals surface area contributed by atoms with E-state index in [2.05, 4.69) is 28.0 Å². The fourth-order valence-electron chi connectivity index (χ4n) is 6.64. The van der Waals surface area contributed by atoms with E-state index in [1.165, 1.54) is 18.4 Å². The Balaban J connectivity index is 1.24. The van der Waals surface area contributed by atoms with Crippen molar-refractivity contribution >= 4 is 22.9 Å². The van der Waals surface area contributed by atoms with E-state index in [4.69, 9.17) is 9.97 Å². The molecule has 3 aliphatic rings. The van der Waals surface area contributed by atoms with Gasteiger partial charge >= 0.3 is 0 Å². The molecule has 202 valence electrons. The smallest absolute Gasteiger partial charge is 0.253 e. The average Bonchev–Trinajstić information content (AvgIpc) is 3.57. The number of amides is 1. The number of carbonyl (C=O) groups is 1. The maximum Gasteiger partial charge on any atom is 0.253 e. The normalized spacial score (nSPS) is 26.1. The summed E-state index contributed by atoms with van der Waals surface area (Å²) in [4.78, 5) is 29.4.